The van der Waals surface area contributed by atoms with Crippen LogP contribution in [-0.2, 0) is 14.3 Å². The van der Waals surface area contributed by atoms with E-state index in [0.29, 0.717) is 19.6 Å². The summed E-state index contributed by atoms with van der Waals surface area (Å²) >= 11 is 0. The molecule has 1 fully saturated rings. The monoisotopic (exact) mass is 256 g/mol. The Labute approximate surface area is 107 Å². The van der Waals surface area contributed by atoms with Crippen LogP contribution in [0.1, 0.15) is 13.3 Å². The number of esters is 1. The molecule has 1 saturated heterocycles. The molecule has 18 heavy (non-hydrogen) atoms. The van der Waals surface area contributed by atoms with Crippen molar-refractivity contribution >= 4 is 12.1 Å². The highest BCUT2D eigenvalue weighted by atomic mass is 16.5. The standard InChI is InChI=1S/C12H20N2O4/c1-3-7-18-12(16)14-10-5-6-13-8-9(10)11(15)17-4-2/h3,9-10,13H,1,4-8H2,2H3,(H,14,16). The molecule has 2 N–H and O–H groups in total. The molecule has 2 unspecified atom stereocenters. The van der Waals surface area contributed by atoms with Gasteiger partial charge in [-0.05, 0) is 19.9 Å². The number of hydrogen-bond donors (Lipinski definition) is 2. The van der Waals surface area contributed by atoms with E-state index >= 15 is 0 Å². The van der Waals surface area contributed by atoms with Crippen molar-refractivity contribution in [3.05, 3.63) is 12.7 Å². The maximum Gasteiger partial charge on any atom is 0.407 e. The molecule has 0 aromatic heterocycles. The van der Waals surface area contributed by atoms with Gasteiger partial charge in [0, 0.05) is 12.6 Å². The Morgan fingerprint density at radius 1 is 1.50 bits per heavy atom. The molecule has 102 valence electrons. The SMILES string of the molecule is C=CCOC(=O)NC1CCNCC1C(=O)OCC. The molecule has 1 rings (SSSR count). The summed E-state index contributed by atoms with van der Waals surface area (Å²) in [6.07, 6.45) is 1.63. The zero-order valence-electron chi connectivity index (χ0n) is 10.6. The van der Waals surface area contributed by atoms with Gasteiger partial charge in [0.25, 0.3) is 0 Å². The highest BCUT2D eigenvalue weighted by Crippen LogP contribution is 2.13. The van der Waals surface area contributed by atoms with Crippen molar-refractivity contribution in [3.63, 3.8) is 0 Å². The molecule has 6 nitrogen and oxygen atoms in total. The fraction of sp³-hybridized carbons (Fsp3) is 0.667. The minimum atomic E-state index is -0.531. The molecule has 0 spiro atoms. The van der Waals surface area contributed by atoms with Crippen molar-refractivity contribution in [1.29, 1.82) is 0 Å². The van der Waals surface area contributed by atoms with E-state index < -0.39 is 6.09 Å². The van der Waals surface area contributed by atoms with Crippen LogP contribution in [0, 0.1) is 5.92 Å². The van der Waals surface area contributed by atoms with E-state index in [1.807, 2.05) is 0 Å². The second kappa shape index (κ2) is 7.71. The Bertz CT molecular complexity index is 306. The first kappa shape index (κ1) is 14.5. The van der Waals surface area contributed by atoms with Crippen molar-refractivity contribution in [3.8, 4) is 0 Å². The van der Waals surface area contributed by atoms with E-state index in [1.165, 1.54) is 6.08 Å². The molecule has 6 heteroatoms. The van der Waals surface area contributed by atoms with E-state index in [9.17, 15) is 9.59 Å². The molecule has 1 aliphatic rings. The van der Waals surface area contributed by atoms with Gasteiger partial charge >= 0.3 is 12.1 Å². The van der Waals surface area contributed by atoms with Gasteiger partial charge in [-0.1, -0.05) is 12.7 Å². The lowest BCUT2D eigenvalue weighted by atomic mass is 9.93. The molecule has 0 aromatic rings. The van der Waals surface area contributed by atoms with Gasteiger partial charge in [0.2, 0.25) is 0 Å². The van der Waals surface area contributed by atoms with Gasteiger partial charge in [-0.15, -0.1) is 0 Å². The molecule has 0 saturated carbocycles. The van der Waals surface area contributed by atoms with Gasteiger partial charge in [0.05, 0.1) is 12.5 Å². The van der Waals surface area contributed by atoms with Crippen LogP contribution in [0.4, 0.5) is 4.79 Å². The molecular weight excluding hydrogens is 236 g/mol. The van der Waals surface area contributed by atoms with Gasteiger partial charge in [0.1, 0.15) is 6.61 Å². The molecule has 0 aromatic carbocycles. The van der Waals surface area contributed by atoms with Crippen LogP contribution in [-0.4, -0.2) is 44.4 Å². The molecular formula is C12H20N2O4. The molecule has 1 heterocycles. The highest BCUT2D eigenvalue weighted by molar-refractivity contribution is 5.75. The van der Waals surface area contributed by atoms with Crippen LogP contribution in [0.15, 0.2) is 12.7 Å². The lowest BCUT2D eigenvalue weighted by Gasteiger charge is -2.30. The number of alkyl carbamates (subject to hydrolysis) is 1. The van der Waals surface area contributed by atoms with Crippen LogP contribution in [0.3, 0.4) is 0 Å². The van der Waals surface area contributed by atoms with Gasteiger partial charge in [0.15, 0.2) is 0 Å². The normalized spacial score (nSPS) is 22.9. The van der Waals surface area contributed by atoms with E-state index in [4.69, 9.17) is 9.47 Å². The average molecular weight is 256 g/mol. The predicted molar refractivity (Wildman–Crippen MR) is 66.1 cm³/mol. The first-order valence-corrected chi connectivity index (χ1v) is 6.10. The Morgan fingerprint density at radius 2 is 2.28 bits per heavy atom. The Kier molecular flexibility index (Phi) is 6.21. The van der Waals surface area contributed by atoms with Crippen molar-refractivity contribution in [2.45, 2.75) is 19.4 Å². The largest absolute Gasteiger partial charge is 0.466 e. The molecule has 0 bridgehead atoms. The summed E-state index contributed by atoms with van der Waals surface area (Å²) in [5.41, 5.74) is 0. The number of rotatable bonds is 5. The van der Waals surface area contributed by atoms with Crippen LogP contribution < -0.4 is 10.6 Å². The fourth-order valence-electron chi connectivity index (χ4n) is 1.86. The van der Waals surface area contributed by atoms with Crippen molar-refractivity contribution in [1.82, 2.24) is 10.6 Å². The first-order chi connectivity index (χ1) is 8.69. The molecule has 0 aliphatic carbocycles. The summed E-state index contributed by atoms with van der Waals surface area (Å²) < 4.78 is 9.83. The van der Waals surface area contributed by atoms with Crippen LogP contribution >= 0.6 is 0 Å². The quantitative estimate of drug-likeness (QED) is 0.551. The van der Waals surface area contributed by atoms with Crippen LogP contribution in [0.2, 0.25) is 0 Å². The number of ether oxygens (including phenoxy) is 2. The van der Waals surface area contributed by atoms with Crippen molar-refractivity contribution in [2.24, 2.45) is 5.92 Å². The number of carbonyl (C=O) groups is 2. The Hall–Kier alpha value is -1.56. The molecule has 1 amide bonds. The summed E-state index contributed by atoms with van der Waals surface area (Å²) in [5, 5.41) is 5.80. The van der Waals surface area contributed by atoms with Crippen molar-refractivity contribution < 1.29 is 19.1 Å². The van der Waals surface area contributed by atoms with Gasteiger partial charge < -0.3 is 20.1 Å². The third-order valence-corrected chi connectivity index (χ3v) is 2.71. The predicted octanol–water partition coefficient (Wildman–Crippen LogP) is 0.440. The minimum absolute atomic E-state index is 0.154. The molecule has 0 radical (unpaired) electrons. The number of piperidine rings is 1. The van der Waals surface area contributed by atoms with Crippen molar-refractivity contribution in [2.75, 3.05) is 26.3 Å². The Balaban J connectivity index is 2.51. The summed E-state index contributed by atoms with van der Waals surface area (Å²) in [6.45, 7) is 6.96. The van der Waals surface area contributed by atoms with Gasteiger partial charge in [-0.3, -0.25) is 4.79 Å². The van der Waals surface area contributed by atoms with Crippen LogP contribution in [0.25, 0.3) is 0 Å². The topological polar surface area (TPSA) is 76.7 Å². The smallest absolute Gasteiger partial charge is 0.407 e. The number of nitrogens with one attached hydrogen (secondary N) is 2. The third kappa shape index (κ3) is 4.37. The second-order valence-electron chi connectivity index (χ2n) is 3.99. The zero-order valence-corrected chi connectivity index (χ0v) is 10.6. The van der Waals surface area contributed by atoms with Gasteiger partial charge in [-0.2, -0.15) is 0 Å². The van der Waals surface area contributed by atoms with E-state index in [2.05, 4.69) is 17.2 Å². The second-order valence-corrected chi connectivity index (χ2v) is 3.99. The number of carbonyl (C=O) groups excluding carboxylic acids is 2. The maximum atomic E-state index is 11.7. The summed E-state index contributed by atoms with van der Waals surface area (Å²) in [6, 6.07) is -0.248. The molecule has 2 atom stereocenters. The maximum absolute atomic E-state index is 11.7. The summed E-state index contributed by atoms with van der Waals surface area (Å²) in [7, 11) is 0. The van der Waals surface area contributed by atoms with Crippen LogP contribution in [0.5, 0.6) is 0 Å². The fourth-order valence-corrected chi connectivity index (χ4v) is 1.86. The zero-order chi connectivity index (χ0) is 13.4. The summed E-state index contributed by atoms with van der Waals surface area (Å²) in [4.78, 5) is 23.2. The van der Waals surface area contributed by atoms with E-state index in [0.717, 1.165) is 6.54 Å². The van der Waals surface area contributed by atoms with E-state index in [-0.39, 0.29) is 24.5 Å². The first-order valence-electron chi connectivity index (χ1n) is 6.10. The van der Waals surface area contributed by atoms with E-state index in [1.54, 1.807) is 6.92 Å². The molecule has 1 aliphatic heterocycles. The lowest BCUT2D eigenvalue weighted by Crippen LogP contribution is -2.52. The number of amides is 1. The van der Waals surface area contributed by atoms with Gasteiger partial charge in [-0.25, -0.2) is 4.79 Å². The lowest BCUT2D eigenvalue weighted by molar-refractivity contribution is -0.149. The third-order valence-electron chi connectivity index (χ3n) is 2.71. The Morgan fingerprint density at radius 3 is 2.94 bits per heavy atom. The highest BCUT2D eigenvalue weighted by Gasteiger charge is 2.33. The minimum Gasteiger partial charge on any atom is -0.466 e. The summed E-state index contributed by atoms with van der Waals surface area (Å²) in [5.74, 6) is -0.659. The average Bonchev–Trinajstić information content (AvgIpc) is 2.37. The number of hydrogen-bond acceptors (Lipinski definition) is 5.